The molecule has 3 rings (SSSR count). The highest BCUT2D eigenvalue weighted by Gasteiger charge is 2.02. The minimum absolute atomic E-state index is 0.917. The van der Waals surface area contributed by atoms with E-state index in [1.54, 1.807) is 25.9 Å². The summed E-state index contributed by atoms with van der Waals surface area (Å²) in [6.07, 6.45) is 4.58. The monoisotopic (exact) mass is 407 g/mol. The molecule has 9 N–H and O–H groups in total. The van der Waals surface area contributed by atoms with Gasteiger partial charge >= 0.3 is 0 Å². The molecule has 2 saturated heterocycles. The van der Waals surface area contributed by atoms with Gasteiger partial charge in [0.05, 0.1) is 5.04 Å². The molecule has 0 aromatic heterocycles. The number of aliphatic hydroxyl groups is 1. The number of hydrogen-bond donors (Lipinski definition) is 7. The van der Waals surface area contributed by atoms with Gasteiger partial charge in [0.25, 0.3) is 0 Å². The smallest absolute Gasteiger partial charge is 0.191 e. The van der Waals surface area contributed by atoms with E-state index in [4.69, 9.17) is 5.11 Å². The molecule has 0 aromatic rings. The van der Waals surface area contributed by atoms with Crippen LogP contribution in [0.2, 0.25) is 0 Å². The van der Waals surface area contributed by atoms with E-state index in [0.717, 1.165) is 51.8 Å². The molecule has 0 atom stereocenters. The van der Waals surface area contributed by atoms with Crippen LogP contribution in [0.4, 0.5) is 0 Å². The van der Waals surface area contributed by atoms with Crippen molar-refractivity contribution in [2.45, 2.75) is 12.8 Å². The molecule has 3 aliphatic rings. The van der Waals surface area contributed by atoms with Gasteiger partial charge in [0.1, 0.15) is 0 Å². The fraction of sp³-hybridized carbons (Fsp3) is 0.812. The van der Waals surface area contributed by atoms with Crippen LogP contribution < -0.4 is 32.7 Å². The molecule has 0 aliphatic carbocycles. The van der Waals surface area contributed by atoms with Gasteiger partial charge in [-0.15, -0.1) is 11.8 Å². The van der Waals surface area contributed by atoms with Gasteiger partial charge in [0.15, 0.2) is 11.9 Å². The molecule has 27 heavy (non-hydrogen) atoms. The Hall–Kier alpha value is -1.56. The van der Waals surface area contributed by atoms with Crippen LogP contribution in [0, 0.1) is 0 Å². The molecule has 0 bridgehead atoms. The zero-order valence-electron chi connectivity index (χ0n) is 17.8. The highest BCUT2D eigenvalue weighted by Crippen LogP contribution is 2.11. The second kappa shape index (κ2) is 26.7. The van der Waals surface area contributed by atoms with Crippen molar-refractivity contribution < 1.29 is 5.11 Å². The summed E-state index contributed by atoms with van der Waals surface area (Å²) < 4.78 is 0. The maximum absolute atomic E-state index is 7.00. The summed E-state index contributed by atoms with van der Waals surface area (Å²) in [7, 11) is 7.53. The first-order valence-electron chi connectivity index (χ1n) is 8.86. The number of rotatable bonds is 0. The van der Waals surface area contributed by atoms with Crippen molar-refractivity contribution in [2.24, 2.45) is 26.4 Å². The number of nitrogens with zero attached hydrogens (tertiary/aromatic N) is 3. The first kappa shape index (κ1) is 30.2. The van der Waals surface area contributed by atoms with Gasteiger partial charge in [-0.1, -0.05) is 0 Å². The first-order valence-corrected chi connectivity index (χ1v) is 10.1. The van der Waals surface area contributed by atoms with Crippen LogP contribution in [0.5, 0.6) is 0 Å². The van der Waals surface area contributed by atoms with E-state index in [1.807, 2.05) is 0 Å². The number of nitrogens with one attached hydrogen (secondary N) is 4. The predicted molar refractivity (Wildman–Crippen MR) is 122 cm³/mol. The van der Waals surface area contributed by atoms with Crippen LogP contribution in [-0.4, -0.2) is 96.3 Å². The largest absolute Gasteiger partial charge is 0.400 e. The molecule has 0 unspecified atom stereocenters. The number of aliphatic imine (C=N–C) groups is 3. The van der Waals surface area contributed by atoms with Gasteiger partial charge < -0.3 is 37.8 Å². The molecular formula is C16H41N9OS. The third-order valence-corrected chi connectivity index (χ3v) is 3.74. The minimum Gasteiger partial charge on any atom is -0.400 e. The molecule has 11 heteroatoms. The van der Waals surface area contributed by atoms with Crippen LogP contribution in [-0.2, 0) is 0 Å². The summed E-state index contributed by atoms with van der Waals surface area (Å²) in [5.41, 5.74) is 9.00. The molecule has 0 aromatic carbocycles. The van der Waals surface area contributed by atoms with Gasteiger partial charge in [-0.3, -0.25) is 15.0 Å². The summed E-state index contributed by atoms with van der Waals surface area (Å²) in [4.78, 5) is 12.0. The van der Waals surface area contributed by atoms with Crippen LogP contribution in [0.25, 0.3) is 0 Å². The Morgan fingerprint density at radius 1 is 0.852 bits per heavy atom. The number of guanidine groups is 2. The summed E-state index contributed by atoms with van der Waals surface area (Å²) in [6.45, 7) is 5.09. The Morgan fingerprint density at radius 2 is 1.22 bits per heavy atom. The zero-order valence-corrected chi connectivity index (χ0v) is 18.6. The van der Waals surface area contributed by atoms with Crippen LogP contribution in [0.3, 0.4) is 0 Å². The number of thioether (sulfide) groups is 1. The SMILES string of the molecule is CN.CN.CN=C1NCCN1.CN=C1NCCN1.CO.CSC1=NCCC1. The van der Waals surface area contributed by atoms with Crippen molar-refractivity contribution in [1.29, 1.82) is 0 Å². The summed E-state index contributed by atoms with van der Waals surface area (Å²) in [5.74, 6) is 1.83. The Labute approximate surface area is 169 Å². The fourth-order valence-corrected chi connectivity index (χ4v) is 2.41. The molecule has 2 fully saturated rings. The second-order valence-corrected chi connectivity index (χ2v) is 5.31. The van der Waals surface area contributed by atoms with Gasteiger partial charge in [-0.2, -0.15) is 0 Å². The number of hydrogen-bond acceptors (Lipinski definition) is 7. The Kier molecular flexibility index (Phi) is 29.8. The molecule has 0 radical (unpaired) electrons. The molecular weight excluding hydrogens is 366 g/mol. The fourth-order valence-electron chi connectivity index (χ4n) is 1.84. The third-order valence-electron chi connectivity index (χ3n) is 2.94. The lowest BCUT2D eigenvalue weighted by Crippen LogP contribution is -2.23. The molecule has 3 heterocycles. The normalized spacial score (nSPS) is 15.2. The van der Waals surface area contributed by atoms with Crippen molar-refractivity contribution in [3.63, 3.8) is 0 Å². The van der Waals surface area contributed by atoms with E-state index in [2.05, 4.69) is 54.0 Å². The van der Waals surface area contributed by atoms with Gasteiger partial charge in [0, 0.05) is 53.9 Å². The van der Waals surface area contributed by atoms with Crippen LogP contribution in [0.1, 0.15) is 12.8 Å². The third kappa shape index (κ3) is 19.0. The highest BCUT2D eigenvalue weighted by molar-refractivity contribution is 8.13. The van der Waals surface area contributed by atoms with E-state index >= 15 is 0 Å². The number of aliphatic hydroxyl groups excluding tert-OH is 1. The molecule has 0 spiro atoms. The quantitative estimate of drug-likeness (QED) is 0.259. The molecule has 162 valence electrons. The van der Waals surface area contributed by atoms with E-state index < -0.39 is 0 Å². The van der Waals surface area contributed by atoms with Gasteiger partial charge in [0.2, 0.25) is 0 Å². The van der Waals surface area contributed by atoms with Crippen molar-refractivity contribution in [2.75, 3.05) is 74.3 Å². The van der Waals surface area contributed by atoms with Crippen LogP contribution in [0.15, 0.2) is 15.0 Å². The van der Waals surface area contributed by atoms with E-state index in [9.17, 15) is 0 Å². The Bertz CT molecular complexity index is 350. The standard InChI is InChI=1S/C5H9NS.2C4H9N3.2CH5N.CH4O/c1-7-5-3-2-4-6-5;2*1-5-4-6-2-3-7-4;3*1-2/h2-4H2,1H3;2*2-3H2,1H3,(H2,5,6,7);2*2H2,1H3;2H,1H3. The van der Waals surface area contributed by atoms with Crippen molar-refractivity contribution >= 4 is 28.7 Å². The highest BCUT2D eigenvalue weighted by atomic mass is 32.2. The summed E-state index contributed by atoms with van der Waals surface area (Å²) >= 11 is 1.78. The Balaban J connectivity index is -0.000000281. The summed E-state index contributed by atoms with van der Waals surface area (Å²) in [6, 6.07) is 0. The van der Waals surface area contributed by atoms with E-state index in [0.29, 0.717) is 0 Å². The van der Waals surface area contributed by atoms with Gasteiger partial charge in [-0.25, -0.2) is 0 Å². The second-order valence-electron chi connectivity index (χ2n) is 4.43. The molecule has 10 nitrogen and oxygen atoms in total. The lowest BCUT2D eigenvalue weighted by molar-refractivity contribution is 0.399. The maximum atomic E-state index is 7.00. The van der Waals surface area contributed by atoms with Crippen LogP contribution >= 0.6 is 11.8 Å². The van der Waals surface area contributed by atoms with Gasteiger partial charge in [-0.05, 0) is 33.2 Å². The molecule has 0 amide bonds. The average molecular weight is 408 g/mol. The lowest BCUT2D eigenvalue weighted by atomic mass is 10.4. The van der Waals surface area contributed by atoms with E-state index in [1.165, 1.54) is 32.0 Å². The van der Waals surface area contributed by atoms with Crippen molar-refractivity contribution in [3.8, 4) is 0 Å². The van der Waals surface area contributed by atoms with Crippen molar-refractivity contribution in [3.05, 3.63) is 0 Å². The maximum Gasteiger partial charge on any atom is 0.191 e. The molecule has 3 aliphatic heterocycles. The number of nitrogens with two attached hydrogens (primary N) is 2. The lowest BCUT2D eigenvalue weighted by Gasteiger charge is -1.90. The van der Waals surface area contributed by atoms with E-state index in [-0.39, 0.29) is 0 Å². The molecule has 0 saturated carbocycles. The topological polar surface area (TPSA) is 157 Å². The van der Waals surface area contributed by atoms with Crippen molar-refractivity contribution in [1.82, 2.24) is 21.3 Å². The predicted octanol–water partition coefficient (Wildman–Crippen LogP) is -1.37. The first-order chi connectivity index (χ1) is 13.3. The zero-order chi connectivity index (χ0) is 21.3. The average Bonchev–Trinajstić information content (AvgIpc) is 3.56. The Morgan fingerprint density at radius 3 is 1.37 bits per heavy atom. The minimum atomic E-state index is 0.917. The summed E-state index contributed by atoms with van der Waals surface area (Å²) in [5, 5.41) is 20.5.